The van der Waals surface area contributed by atoms with Crippen molar-refractivity contribution in [1.82, 2.24) is 20.2 Å². The number of likely N-dealkylation sites (N-methyl/N-ethyl adjacent to an activating group) is 1. The maximum Gasteiger partial charge on any atom is 0.268 e. The highest BCUT2D eigenvalue weighted by molar-refractivity contribution is 5.95. The van der Waals surface area contributed by atoms with Crippen molar-refractivity contribution in [2.24, 2.45) is 0 Å². The molecule has 1 aromatic heterocycles. The lowest BCUT2D eigenvalue weighted by molar-refractivity contribution is -0.132. The van der Waals surface area contributed by atoms with Gasteiger partial charge in [-0.2, -0.15) is 5.10 Å². The molecule has 1 fully saturated rings. The number of rotatable bonds is 6. The number of hydrogen-bond acceptors (Lipinski definition) is 5. The monoisotopic (exact) mass is 455 g/mol. The van der Waals surface area contributed by atoms with Crippen LogP contribution in [0.25, 0.3) is 22.0 Å². The van der Waals surface area contributed by atoms with Gasteiger partial charge in [0.15, 0.2) is 0 Å². The summed E-state index contributed by atoms with van der Waals surface area (Å²) in [6.45, 7) is 4.22. The van der Waals surface area contributed by atoms with Gasteiger partial charge in [0.25, 0.3) is 5.91 Å². The van der Waals surface area contributed by atoms with Gasteiger partial charge in [-0.3, -0.25) is 14.7 Å². The van der Waals surface area contributed by atoms with Gasteiger partial charge in [-0.1, -0.05) is 54.6 Å². The Morgan fingerprint density at radius 1 is 0.971 bits per heavy atom. The molecule has 174 valence electrons. The van der Waals surface area contributed by atoms with E-state index in [0.29, 0.717) is 6.42 Å². The molecule has 0 radical (unpaired) electrons. The molecule has 34 heavy (non-hydrogen) atoms. The highest BCUT2D eigenvalue weighted by Crippen LogP contribution is 2.31. The van der Waals surface area contributed by atoms with Gasteiger partial charge in [0.2, 0.25) is 0 Å². The molecule has 7 nitrogen and oxygen atoms in total. The van der Waals surface area contributed by atoms with Gasteiger partial charge in [0, 0.05) is 49.9 Å². The first-order chi connectivity index (χ1) is 16.6. The van der Waals surface area contributed by atoms with Crippen molar-refractivity contribution in [2.75, 3.05) is 38.1 Å². The number of anilines is 1. The largest absolute Gasteiger partial charge is 0.369 e. The molecule has 3 aromatic carbocycles. The molecule has 1 saturated heterocycles. The van der Waals surface area contributed by atoms with Gasteiger partial charge in [-0.05, 0) is 41.9 Å². The Morgan fingerprint density at radius 3 is 2.41 bits per heavy atom. The lowest BCUT2D eigenvalue weighted by Crippen LogP contribution is -2.44. The Bertz CT molecular complexity index is 1260. The quantitative estimate of drug-likeness (QED) is 0.342. The third kappa shape index (κ3) is 4.53. The number of carbonyl (C=O) groups is 1. The van der Waals surface area contributed by atoms with Crippen LogP contribution in [0, 0.1) is 0 Å². The topological polar surface area (TPSA) is 73.6 Å². The Morgan fingerprint density at radius 2 is 1.71 bits per heavy atom. The van der Waals surface area contributed by atoms with Crippen LogP contribution in [0.15, 0.2) is 79.0 Å². The molecule has 2 N–H and O–H groups in total. The lowest BCUT2D eigenvalue weighted by Gasteiger charge is -2.34. The average Bonchev–Trinajstić information content (AvgIpc) is 3.32. The van der Waals surface area contributed by atoms with E-state index in [4.69, 9.17) is 5.10 Å². The Balaban J connectivity index is 1.45. The average molecular weight is 456 g/mol. The fourth-order valence-electron chi connectivity index (χ4n) is 4.61. The summed E-state index contributed by atoms with van der Waals surface area (Å²) >= 11 is 0. The molecule has 1 atom stereocenters. The molecule has 1 aliphatic heterocycles. The van der Waals surface area contributed by atoms with Crippen LogP contribution in [-0.4, -0.2) is 59.0 Å². The van der Waals surface area contributed by atoms with E-state index in [-0.39, 0.29) is 0 Å². The second-order valence-corrected chi connectivity index (χ2v) is 8.87. The number of nitrogens with zero attached hydrogens (tertiary/aromatic N) is 4. The van der Waals surface area contributed by atoms with Crippen LogP contribution in [0.4, 0.5) is 5.69 Å². The third-order valence-corrected chi connectivity index (χ3v) is 6.62. The molecular weight excluding hydrogens is 426 g/mol. The van der Waals surface area contributed by atoms with Crippen LogP contribution in [0.5, 0.6) is 0 Å². The lowest BCUT2D eigenvalue weighted by atomic mass is 10.0. The maximum atomic E-state index is 12.5. The van der Waals surface area contributed by atoms with Crippen LogP contribution in [0.1, 0.15) is 11.6 Å². The summed E-state index contributed by atoms with van der Waals surface area (Å²) in [6.07, 6.45) is 2.33. The number of hydrogen-bond donors (Lipinski definition) is 2. The van der Waals surface area contributed by atoms with E-state index in [1.807, 2.05) is 54.1 Å². The van der Waals surface area contributed by atoms with Crippen molar-refractivity contribution >= 4 is 22.5 Å². The van der Waals surface area contributed by atoms with E-state index < -0.39 is 11.9 Å². The number of hydroxylamine groups is 1. The molecule has 0 bridgehead atoms. The molecule has 1 amide bonds. The number of carbonyl (C=O) groups excluding carboxylic acids is 1. The maximum absolute atomic E-state index is 12.5. The first kappa shape index (κ1) is 22.1. The van der Waals surface area contributed by atoms with Gasteiger partial charge in [-0.15, -0.1) is 0 Å². The molecule has 1 aliphatic rings. The zero-order valence-electron chi connectivity index (χ0n) is 19.3. The van der Waals surface area contributed by atoms with Crippen LogP contribution < -0.4 is 10.4 Å². The SMILES string of the molecule is CN1CCN(c2ccc(-c3cccc4nn(C(Cc5ccccc5)C(=O)NO)cc34)cc2)CC1. The zero-order chi connectivity index (χ0) is 23.5. The van der Waals surface area contributed by atoms with Crippen LogP contribution in [0.2, 0.25) is 0 Å². The first-order valence-electron chi connectivity index (χ1n) is 11.6. The van der Waals surface area contributed by atoms with E-state index >= 15 is 0 Å². The van der Waals surface area contributed by atoms with Gasteiger partial charge < -0.3 is 9.80 Å². The first-order valence-corrected chi connectivity index (χ1v) is 11.6. The summed E-state index contributed by atoms with van der Waals surface area (Å²) in [6, 6.07) is 23.8. The Hall–Kier alpha value is -3.68. The summed E-state index contributed by atoms with van der Waals surface area (Å²) in [4.78, 5) is 17.3. The minimum atomic E-state index is -0.660. The van der Waals surface area contributed by atoms with E-state index in [9.17, 15) is 10.0 Å². The number of nitrogens with one attached hydrogen (secondary N) is 1. The molecule has 0 saturated carbocycles. The fourth-order valence-corrected chi connectivity index (χ4v) is 4.61. The molecule has 1 unspecified atom stereocenters. The van der Waals surface area contributed by atoms with Gasteiger partial charge in [-0.25, -0.2) is 5.48 Å². The van der Waals surface area contributed by atoms with Crippen LogP contribution >= 0.6 is 0 Å². The number of fused-ring (bicyclic) bond motifs is 1. The normalized spacial score (nSPS) is 15.4. The predicted molar refractivity (Wildman–Crippen MR) is 134 cm³/mol. The van der Waals surface area contributed by atoms with E-state index in [1.165, 1.54) is 5.69 Å². The predicted octanol–water partition coefficient (Wildman–Crippen LogP) is 3.74. The van der Waals surface area contributed by atoms with Gasteiger partial charge in [0.05, 0.1) is 5.52 Å². The van der Waals surface area contributed by atoms with E-state index in [2.05, 4.69) is 47.2 Å². The van der Waals surface area contributed by atoms with E-state index in [1.54, 1.807) is 4.68 Å². The highest BCUT2D eigenvalue weighted by atomic mass is 16.5. The molecule has 5 rings (SSSR count). The number of piperazine rings is 1. The third-order valence-electron chi connectivity index (χ3n) is 6.62. The minimum Gasteiger partial charge on any atom is -0.369 e. The van der Waals surface area contributed by atoms with Crippen molar-refractivity contribution in [2.45, 2.75) is 12.5 Å². The van der Waals surface area contributed by atoms with Crippen molar-refractivity contribution < 1.29 is 10.0 Å². The summed E-state index contributed by atoms with van der Waals surface area (Å²) in [7, 11) is 2.16. The molecule has 0 aliphatic carbocycles. The van der Waals surface area contributed by atoms with E-state index in [0.717, 1.165) is 53.8 Å². The molecule has 7 heteroatoms. The van der Waals surface area contributed by atoms with Gasteiger partial charge >= 0.3 is 0 Å². The summed E-state index contributed by atoms with van der Waals surface area (Å²) < 4.78 is 1.66. The van der Waals surface area contributed by atoms with Crippen molar-refractivity contribution in [3.63, 3.8) is 0 Å². The molecular formula is C27H29N5O2. The fraction of sp³-hybridized carbons (Fsp3) is 0.259. The number of benzene rings is 3. The van der Waals surface area contributed by atoms with Crippen molar-refractivity contribution in [3.05, 3.63) is 84.6 Å². The summed E-state index contributed by atoms with van der Waals surface area (Å²) in [5.74, 6) is -0.491. The van der Waals surface area contributed by atoms with Crippen molar-refractivity contribution in [3.8, 4) is 11.1 Å². The van der Waals surface area contributed by atoms with Crippen LogP contribution in [-0.2, 0) is 11.2 Å². The summed E-state index contributed by atoms with van der Waals surface area (Å²) in [5, 5.41) is 15.0. The highest BCUT2D eigenvalue weighted by Gasteiger charge is 2.23. The molecule has 0 spiro atoms. The second-order valence-electron chi connectivity index (χ2n) is 8.87. The summed E-state index contributed by atoms with van der Waals surface area (Å²) in [5.41, 5.74) is 7.02. The zero-order valence-corrected chi connectivity index (χ0v) is 19.3. The Labute approximate surface area is 199 Å². The Kier molecular flexibility index (Phi) is 6.29. The molecule has 2 heterocycles. The molecule has 4 aromatic rings. The number of amides is 1. The van der Waals surface area contributed by atoms with Crippen molar-refractivity contribution in [1.29, 1.82) is 0 Å². The standard InChI is InChI=1S/C27H29N5O2/c1-30-14-16-31(17-15-30)22-12-10-21(11-13-22)23-8-5-9-25-24(23)19-32(28-25)26(27(33)29-34)18-20-6-3-2-4-7-20/h2-13,19,26,34H,14-18H2,1H3,(H,29,33). The van der Waals surface area contributed by atoms with Crippen LogP contribution in [0.3, 0.4) is 0 Å². The minimum absolute atomic E-state index is 0.427. The smallest absolute Gasteiger partial charge is 0.268 e. The number of aromatic nitrogens is 2. The van der Waals surface area contributed by atoms with Gasteiger partial charge in [0.1, 0.15) is 6.04 Å². The second kappa shape index (κ2) is 9.67.